The lowest BCUT2D eigenvalue weighted by Gasteiger charge is -2.18. The van der Waals surface area contributed by atoms with Crippen molar-refractivity contribution in [1.29, 1.82) is 0 Å². The zero-order valence-corrected chi connectivity index (χ0v) is 16.9. The fourth-order valence-electron chi connectivity index (χ4n) is 2.35. The van der Waals surface area contributed by atoms with E-state index in [9.17, 15) is 0 Å². The van der Waals surface area contributed by atoms with Crippen molar-refractivity contribution < 1.29 is 33.2 Å². The number of rotatable bonds is 16. The molecule has 7 heteroatoms. The van der Waals surface area contributed by atoms with Gasteiger partial charge in [0.15, 0.2) is 5.76 Å². The molecular weight excluding hydrogens is 364 g/mol. The van der Waals surface area contributed by atoms with Crippen molar-refractivity contribution in [2.45, 2.75) is 26.2 Å². The molecule has 158 valence electrons. The van der Waals surface area contributed by atoms with Crippen LogP contribution in [0.25, 0.3) is 0 Å². The Morgan fingerprint density at radius 3 is 1.68 bits per heavy atom. The lowest BCUT2D eigenvalue weighted by Crippen LogP contribution is -2.21. The fraction of sp³-hybridized carbons (Fsp3) is 0.619. The summed E-state index contributed by atoms with van der Waals surface area (Å²) in [4.78, 5) is 0. The Balaban J connectivity index is 1.26. The highest BCUT2D eigenvalue weighted by Crippen LogP contribution is 2.23. The average molecular weight is 396 g/mol. The van der Waals surface area contributed by atoms with E-state index >= 15 is 0 Å². The number of hydrogen-bond acceptors (Lipinski definition) is 7. The van der Waals surface area contributed by atoms with Gasteiger partial charge in [-0.15, -0.1) is 0 Å². The predicted octanol–water partition coefficient (Wildman–Crippen LogP) is 2.89. The van der Waals surface area contributed by atoms with Gasteiger partial charge in [0.1, 0.15) is 12.9 Å². The maximum atomic E-state index is 5.54. The second-order valence-corrected chi connectivity index (χ2v) is 6.63. The molecule has 0 radical (unpaired) electrons. The highest BCUT2D eigenvalue weighted by atomic mass is 16.7. The van der Waals surface area contributed by atoms with E-state index in [1.165, 1.54) is 0 Å². The van der Waals surface area contributed by atoms with Crippen LogP contribution in [0.1, 0.15) is 19.4 Å². The number of benzene rings is 1. The SMILES string of the molecule is CC1(C)OC=C(COCCOCCOCCOCCOCc2ccccc2)O1. The number of hydrogen-bond donors (Lipinski definition) is 0. The Labute approximate surface area is 167 Å². The smallest absolute Gasteiger partial charge is 0.244 e. The molecule has 0 atom stereocenters. The van der Waals surface area contributed by atoms with Gasteiger partial charge in [0, 0.05) is 13.8 Å². The van der Waals surface area contributed by atoms with E-state index in [2.05, 4.69) is 0 Å². The van der Waals surface area contributed by atoms with Crippen molar-refractivity contribution in [2.75, 3.05) is 59.5 Å². The van der Waals surface area contributed by atoms with Gasteiger partial charge < -0.3 is 33.2 Å². The van der Waals surface area contributed by atoms with Gasteiger partial charge in [-0.25, -0.2) is 0 Å². The van der Waals surface area contributed by atoms with E-state index in [0.29, 0.717) is 71.8 Å². The van der Waals surface area contributed by atoms with Crippen molar-refractivity contribution in [3.05, 3.63) is 47.9 Å². The minimum Gasteiger partial charge on any atom is -0.457 e. The molecule has 0 saturated carbocycles. The molecule has 0 fully saturated rings. The molecule has 0 bridgehead atoms. The molecule has 7 nitrogen and oxygen atoms in total. The van der Waals surface area contributed by atoms with Crippen LogP contribution in [-0.2, 0) is 39.8 Å². The maximum Gasteiger partial charge on any atom is 0.244 e. The highest BCUT2D eigenvalue weighted by Gasteiger charge is 2.27. The van der Waals surface area contributed by atoms with Crippen LogP contribution < -0.4 is 0 Å². The first-order valence-electron chi connectivity index (χ1n) is 9.64. The monoisotopic (exact) mass is 396 g/mol. The van der Waals surface area contributed by atoms with Crippen LogP contribution >= 0.6 is 0 Å². The first-order valence-corrected chi connectivity index (χ1v) is 9.64. The van der Waals surface area contributed by atoms with E-state index in [-0.39, 0.29) is 0 Å². The normalized spacial score (nSPS) is 15.1. The molecule has 1 aromatic carbocycles. The highest BCUT2D eigenvalue weighted by molar-refractivity contribution is 5.13. The van der Waals surface area contributed by atoms with Crippen LogP contribution in [-0.4, -0.2) is 65.2 Å². The third-order valence-electron chi connectivity index (χ3n) is 3.69. The van der Waals surface area contributed by atoms with Gasteiger partial charge in [0.05, 0.1) is 59.5 Å². The van der Waals surface area contributed by atoms with Gasteiger partial charge in [-0.2, -0.15) is 0 Å². The van der Waals surface area contributed by atoms with Crippen LogP contribution in [0.2, 0.25) is 0 Å². The maximum absolute atomic E-state index is 5.54. The molecule has 0 N–H and O–H groups in total. The van der Waals surface area contributed by atoms with Crippen LogP contribution in [0.15, 0.2) is 42.4 Å². The van der Waals surface area contributed by atoms with Crippen LogP contribution in [0.4, 0.5) is 0 Å². The summed E-state index contributed by atoms with van der Waals surface area (Å²) in [5.74, 6) is 0.101. The van der Waals surface area contributed by atoms with E-state index < -0.39 is 5.79 Å². The fourth-order valence-corrected chi connectivity index (χ4v) is 2.35. The zero-order chi connectivity index (χ0) is 19.9. The summed E-state index contributed by atoms with van der Waals surface area (Å²) in [6.07, 6.45) is 1.59. The summed E-state index contributed by atoms with van der Waals surface area (Å²) >= 11 is 0. The second-order valence-electron chi connectivity index (χ2n) is 6.63. The van der Waals surface area contributed by atoms with Gasteiger partial charge in [0.2, 0.25) is 5.79 Å². The molecular formula is C21H32O7. The standard InChI is InChI=1S/C21H32O7/c1-21(2)27-18-20(28-21)17-26-15-13-24-11-9-22-8-10-23-12-14-25-16-19-6-4-3-5-7-19/h3-7,18H,8-17H2,1-2H3. The molecule has 0 saturated heterocycles. The van der Waals surface area contributed by atoms with Gasteiger partial charge in [-0.05, 0) is 5.56 Å². The summed E-state index contributed by atoms with van der Waals surface area (Å²) < 4.78 is 38.2. The van der Waals surface area contributed by atoms with E-state index in [1.54, 1.807) is 6.26 Å². The summed E-state index contributed by atoms with van der Waals surface area (Å²) in [6.45, 7) is 8.98. The third kappa shape index (κ3) is 10.6. The Kier molecular flexibility index (Phi) is 10.9. The zero-order valence-electron chi connectivity index (χ0n) is 16.9. The Morgan fingerprint density at radius 1 is 0.679 bits per heavy atom. The summed E-state index contributed by atoms with van der Waals surface area (Å²) in [6, 6.07) is 10.1. The lowest BCUT2D eigenvalue weighted by molar-refractivity contribution is -0.122. The second kappa shape index (κ2) is 13.5. The molecule has 2 rings (SSSR count). The summed E-state index contributed by atoms with van der Waals surface area (Å²) in [5, 5.41) is 0. The molecule has 0 spiro atoms. The molecule has 28 heavy (non-hydrogen) atoms. The molecule has 1 aromatic rings. The van der Waals surface area contributed by atoms with Gasteiger partial charge >= 0.3 is 0 Å². The minimum absolute atomic E-state index is 0.385. The first-order chi connectivity index (χ1) is 13.7. The van der Waals surface area contributed by atoms with E-state index in [0.717, 1.165) is 5.56 Å². The van der Waals surface area contributed by atoms with Crippen molar-refractivity contribution in [2.24, 2.45) is 0 Å². The quantitative estimate of drug-likeness (QED) is 0.398. The van der Waals surface area contributed by atoms with E-state index in [4.69, 9.17) is 33.2 Å². The summed E-state index contributed by atoms with van der Waals surface area (Å²) in [7, 11) is 0. The topological polar surface area (TPSA) is 64.6 Å². The molecule has 0 aliphatic carbocycles. The Bertz CT molecular complexity index is 545. The van der Waals surface area contributed by atoms with Gasteiger partial charge in [0.25, 0.3) is 0 Å². The molecule has 1 aliphatic heterocycles. The Morgan fingerprint density at radius 2 is 1.18 bits per heavy atom. The van der Waals surface area contributed by atoms with Crippen LogP contribution in [0.3, 0.4) is 0 Å². The molecule has 0 aromatic heterocycles. The van der Waals surface area contributed by atoms with Crippen molar-refractivity contribution in [3.8, 4) is 0 Å². The third-order valence-corrected chi connectivity index (χ3v) is 3.69. The minimum atomic E-state index is -0.592. The lowest BCUT2D eigenvalue weighted by atomic mass is 10.2. The van der Waals surface area contributed by atoms with Gasteiger partial charge in [-0.3, -0.25) is 0 Å². The van der Waals surface area contributed by atoms with Crippen LogP contribution in [0.5, 0.6) is 0 Å². The first kappa shape index (κ1) is 22.6. The average Bonchev–Trinajstić information content (AvgIpc) is 3.04. The molecule has 1 aliphatic rings. The predicted molar refractivity (Wildman–Crippen MR) is 104 cm³/mol. The van der Waals surface area contributed by atoms with Crippen molar-refractivity contribution in [1.82, 2.24) is 0 Å². The van der Waals surface area contributed by atoms with Crippen LogP contribution in [0, 0.1) is 0 Å². The molecule has 0 amide bonds. The summed E-state index contributed by atoms with van der Waals surface area (Å²) in [5.41, 5.74) is 1.16. The van der Waals surface area contributed by atoms with Gasteiger partial charge in [-0.1, -0.05) is 30.3 Å². The largest absolute Gasteiger partial charge is 0.457 e. The van der Waals surface area contributed by atoms with E-state index in [1.807, 2.05) is 44.2 Å². The Hall–Kier alpha value is -1.64. The molecule has 0 unspecified atom stereocenters. The van der Waals surface area contributed by atoms with Crippen molar-refractivity contribution >= 4 is 0 Å². The van der Waals surface area contributed by atoms with Crippen molar-refractivity contribution in [3.63, 3.8) is 0 Å². The number of ether oxygens (including phenoxy) is 7. The molecule has 1 heterocycles.